The van der Waals surface area contributed by atoms with Crippen molar-refractivity contribution in [1.29, 1.82) is 0 Å². The number of thioether (sulfide) groups is 1. The molecule has 0 amide bonds. The Kier molecular flexibility index (Phi) is 3.51. The summed E-state index contributed by atoms with van der Waals surface area (Å²) in [5, 5.41) is 0. The fraction of sp³-hybridized carbons (Fsp3) is 0.364. The van der Waals surface area contributed by atoms with E-state index in [2.05, 4.69) is 32.9 Å². The molecule has 0 aliphatic heterocycles. The molecule has 1 rings (SSSR count). The third-order valence-electron chi connectivity index (χ3n) is 1.57. The van der Waals surface area contributed by atoms with Gasteiger partial charge in [-0.3, -0.25) is 0 Å². The van der Waals surface area contributed by atoms with E-state index in [0.29, 0.717) is 0 Å². The maximum atomic E-state index is 5.34. The van der Waals surface area contributed by atoms with Crippen LogP contribution >= 0.6 is 24.0 Å². The molecular weight excluding hydrogens is 196 g/mol. The van der Waals surface area contributed by atoms with E-state index in [9.17, 15) is 0 Å². The Hall–Kier alpha value is -0.340. The summed E-state index contributed by atoms with van der Waals surface area (Å²) in [5.74, 6) is 0. The van der Waals surface area contributed by atoms with Crippen LogP contribution in [0.3, 0.4) is 0 Å². The van der Waals surface area contributed by atoms with Gasteiger partial charge in [0, 0.05) is 10.3 Å². The predicted octanol–water partition coefficient (Wildman–Crippen LogP) is 4.15. The fourth-order valence-corrected chi connectivity index (χ4v) is 1.85. The molecule has 0 N–H and O–H groups in total. The van der Waals surface area contributed by atoms with Gasteiger partial charge in [0.05, 0.1) is 4.20 Å². The lowest BCUT2D eigenvalue weighted by molar-refractivity contribution is 0.610. The molecule has 0 bridgehead atoms. The van der Waals surface area contributed by atoms with Gasteiger partial charge in [0.25, 0.3) is 0 Å². The lowest BCUT2D eigenvalue weighted by atomic mass is 10.0. The van der Waals surface area contributed by atoms with Crippen molar-refractivity contribution in [2.24, 2.45) is 5.41 Å². The topological polar surface area (TPSA) is 0 Å². The summed E-state index contributed by atoms with van der Waals surface area (Å²) in [6, 6.07) is 10.3. The zero-order valence-corrected chi connectivity index (χ0v) is 9.84. The minimum Gasteiger partial charge on any atom is -0.0822 e. The van der Waals surface area contributed by atoms with E-state index < -0.39 is 0 Å². The average Bonchev–Trinajstić information content (AvgIpc) is 2.04. The molecule has 0 heterocycles. The van der Waals surface area contributed by atoms with Crippen LogP contribution in [-0.2, 0) is 0 Å². The molecule has 1 aromatic carbocycles. The maximum Gasteiger partial charge on any atom is 0.0580 e. The van der Waals surface area contributed by atoms with Crippen LogP contribution in [0.25, 0.3) is 0 Å². The Morgan fingerprint density at radius 3 is 2.15 bits per heavy atom. The molecule has 0 unspecified atom stereocenters. The largest absolute Gasteiger partial charge is 0.0822 e. The van der Waals surface area contributed by atoms with Crippen molar-refractivity contribution in [2.45, 2.75) is 25.7 Å². The highest BCUT2D eigenvalue weighted by Crippen LogP contribution is 2.30. The summed E-state index contributed by atoms with van der Waals surface area (Å²) in [5.41, 5.74) is 0.107. The molecule has 0 nitrogen and oxygen atoms in total. The van der Waals surface area contributed by atoms with Crippen molar-refractivity contribution in [2.75, 3.05) is 0 Å². The Morgan fingerprint density at radius 2 is 1.69 bits per heavy atom. The first-order chi connectivity index (χ1) is 6.00. The lowest BCUT2D eigenvalue weighted by Crippen LogP contribution is -2.14. The monoisotopic (exact) mass is 210 g/mol. The number of benzene rings is 1. The summed E-state index contributed by atoms with van der Waals surface area (Å²) < 4.78 is 1.04. The zero-order valence-electron chi connectivity index (χ0n) is 8.20. The van der Waals surface area contributed by atoms with Crippen LogP contribution in [0.15, 0.2) is 35.2 Å². The van der Waals surface area contributed by atoms with Gasteiger partial charge in [0.1, 0.15) is 0 Å². The van der Waals surface area contributed by atoms with Gasteiger partial charge in [-0.15, -0.1) is 0 Å². The van der Waals surface area contributed by atoms with Crippen molar-refractivity contribution >= 4 is 28.2 Å². The molecule has 0 saturated carbocycles. The van der Waals surface area contributed by atoms with Crippen molar-refractivity contribution in [1.82, 2.24) is 0 Å². The van der Waals surface area contributed by atoms with E-state index in [1.807, 2.05) is 18.2 Å². The molecule has 0 aromatic heterocycles. The highest BCUT2D eigenvalue weighted by Gasteiger charge is 2.17. The molecule has 1 aromatic rings. The molecule has 0 fully saturated rings. The smallest absolute Gasteiger partial charge is 0.0580 e. The van der Waals surface area contributed by atoms with Gasteiger partial charge in [-0.2, -0.15) is 0 Å². The van der Waals surface area contributed by atoms with E-state index in [1.165, 1.54) is 4.90 Å². The average molecular weight is 210 g/mol. The SMILES string of the molecule is CC(C)(C)C(=S)Sc1ccccc1. The molecule has 2 heteroatoms. The molecule has 0 aliphatic rings. The number of rotatable bonds is 1. The van der Waals surface area contributed by atoms with Gasteiger partial charge in [0.2, 0.25) is 0 Å². The minimum absolute atomic E-state index is 0.107. The van der Waals surface area contributed by atoms with Crippen LogP contribution < -0.4 is 0 Å². The quantitative estimate of drug-likeness (QED) is 0.504. The molecule has 70 valence electrons. The Labute approximate surface area is 89.7 Å². The van der Waals surface area contributed by atoms with Crippen LogP contribution in [0.5, 0.6) is 0 Å². The van der Waals surface area contributed by atoms with Crippen LogP contribution in [0.2, 0.25) is 0 Å². The van der Waals surface area contributed by atoms with Crippen molar-refractivity contribution in [3.8, 4) is 0 Å². The minimum atomic E-state index is 0.107. The number of thiocarbonyl (C=S) groups is 1. The second kappa shape index (κ2) is 4.25. The maximum absolute atomic E-state index is 5.34. The first-order valence-electron chi connectivity index (χ1n) is 4.27. The van der Waals surface area contributed by atoms with Crippen LogP contribution in [-0.4, -0.2) is 4.20 Å². The van der Waals surface area contributed by atoms with Crippen LogP contribution in [0.1, 0.15) is 20.8 Å². The molecule has 0 spiro atoms. The highest BCUT2D eigenvalue weighted by molar-refractivity contribution is 8.23. The lowest BCUT2D eigenvalue weighted by Gasteiger charge is -2.18. The van der Waals surface area contributed by atoms with Gasteiger partial charge in [-0.05, 0) is 12.1 Å². The third kappa shape index (κ3) is 3.49. The van der Waals surface area contributed by atoms with Gasteiger partial charge in [0.15, 0.2) is 0 Å². The number of hydrogen-bond acceptors (Lipinski definition) is 2. The van der Waals surface area contributed by atoms with Crippen molar-refractivity contribution < 1.29 is 0 Å². The molecule has 13 heavy (non-hydrogen) atoms. The Balaban J connectivity index is 2.66. The Morgan fingerprint density at radius 1 is 1.15 bits per heavy atom. The third-order valence-corrected chi connectivity index (χ3v) is 3.73. The second-order valence-electron chi connectivity index (χ2n) is 3.95. The molecule has 0 aliphatic carbocycles. The van der Waals surface area contributed by atoms with E-state index in [0.717, 1.165) is 4.20 Å². The van der Waals surface area contributed by atoms with E-state index >= 15 is 0 Å². The molecule has 0 atom stereocenters. The first-order valence-corrected chi connectivity index (χ1v) is 5.50. The summed E-state index contributed by atoms with van der Waals surface area (Å²) >= 11 is 7.02. The summed E-state index contributed by atoms with van der Waals surface area (Å²) in [7, 11) is 0. The van der Waals surface area contributed by atoms with Gasteiger partial charge in [-0.25, -0.2) is 0 Å². The van der Waals surface area contributed by atoms with E-state index in [1.54, 1.807) is 11.8 Å². The van der Waals surface area contributed by atoms with Crippen molar-refractivity contribution in [3.05, 3.63) is 30.3 Å². The van der Waals surface area contributed by atoms with Crippen molar-refractivity contribution in [3.63, 3.8) is 0 Å². The van der Waals surface area contributed by atoms with Gasteiger partial charge < -0.3 is 0 Å². The predicted molar refractivity (Wildman–Crippen MR) is 64.4 cm³/mol. The number of hydrogen-bond donors (Lipinski definition) is 0. The Bertz CT molecular complexity index is 283. The zero-order chi connectivity index (χ0) is 9.90. The molecule has 0 saturated heterocycles. The normalized spacial score (nSPS) is 11.3. The molecule has 0 radical (unpaired) electrons. The second-order valence-corrected chi connectivity index (χ2v) is 5.70. The highest BCUT2D eigenvalue weighted by atomic mass is 32.2. The standard InChI is InChI=1S/C11H14S2/c1-11(2,3)10(12)13-9-7-5-4-6-8-9/h4-8H,1-3H3. The summed E-state index contributed by atoms with van der Waals surface area (Å²) in [4.78, 5) is 1.22. The summed E-state index contributed by atoms with van der Waals surface area (Å²) in [6.45, 7) is 6.43. The first kappa shape index (κ1) is 10.7. The van der Waals surface area contributed by atoms with Gasteiger partial charge >= 0.3 is 0 Å². The van der Waals surface area contributed by atoms with E-state index in [-0.39, 0.29) is 5.41 Å². The van der Waals surface area contributed by atoms with Gasteiger partial charge in [-0.1, -0.05) is 63.0 Å². The fourth-order valence-electron chi connectivity index (χ4n) is 0.749. The van der Waals surface area contributed by atoms with E-state index in [4.69, 9.17) is 12.2 Å². The summed E-state index contributed by atoms with van der Waals surface area (Å²) in [6.07, 6.45) is 0. The van der Waals surface area contributed by atoms with Crippen LogP contribution in [0, 0.1) is 5.41 Å². The molecular formula is C11H14S2. The van der Waals surface area contributed by atoms with Crippen LogP contribution in [0.4, 0.5) is 0 Å².